The lowest BCUT2D eigenvalue weighted by Crippen LogP contribution is -2.40. The Kier molecular flexibility index (Phi) is 4.97. The molecule has 0 aliphatic heterocycles. The number of halogens is 2. The molecule has 0 fully saturated rings. The Labute approximate surface area is 184 Å². The average Bonchev–Trinajstić information content (AvgIpc) is 3.40. The van der Waals surface area contributed by atoms with Gasteiger partial charge in [0.25, 0.3) is 5.56 Å². The molecular weight excluding hydrogens is 436 g/mol. The summed E-state index contributed by atoms with van der Waals surface area (Å²) < 4.78 is 29.5. The molecule has 0 saturated carbocycles. The second kappa shape index (κ2) is 7.83. The molecule has 4 aromatic rings. The lowest BCUT2D eigenvalue weighted by molar-refractivity contribution is -0.116. The van der Waals surface area contributed by atoms with Crippen LogP contribution >= 0.6 is 11.3 Å². The molecule has 2 aromatic carbocycles. The number of thiophene rings is 1. The van der Waals surface area contributed by atoms with Crippen LogP contribution in [0.2, 0.25) is 0 Å². The van der Waals surface area contributed by atoms with Crippen LogP contribution in [-0.4, -0.2) is 15.0 Å². The Hall–Kier alpha value is -3.59. The number of amides is 1. The third-order valence-corrected chi connectivity index (χ3v) is 6.44. The Morgan fingerprint density at radius 2 is 1.75 bits per heavy atom. The number of carbonyl (C=O) groups is 1. The van der Waals surface area contributed by atoms with Crippen molar-refractivity contribution in [3.8, 4) is 5.69 Å². The molecule has 2 heterocycles. The highest BCUT2D eigenvalue weighted by molar-refractivity contribution is 7.17. The van der Waals surface area contributed by atoms with Crippen LogP contribution in [0.25, 0.3) is 15.9 Å². The summed E-state index contributed by atoms with van der Waals surface area (Å²) in [6.07, 6.45) is 3.07. The van der Waals surface area contributed by atoms with Gasteiger partial charge in [0, 0.05) is 11.8 Å². The standard InChI is InChI=1S/C23H17F2N3O3S/c24-15-9-16(25)11-18(10-15)28-22(30)21-19(6-7-32-21)27(23(28)31)12-20(29)26-17-5-4-13-2-1-3-14(13)8-17/h4-11H,1-3,12H2,(H,26,29). The maximum Gasteiger partial charge on any atom is 0.336 e. The first-order chi connectivity index (χ1) is 15.4. The quantitative estimate of drug-likeness (QED) is 0.513. The molecule has 2 aromatic heterocycles. The van der Waals surface area contributed by atoms with Crippen LogP contribution in [0.5, 0.6) is 0 Å². The van der Waals surface area contributed by atoms with E-state index in [0.717, 1.165) is 47.3 Å². The first kappa shape index (κ1) is 20.3. The van der Waals surface area contributed by atoms with E-state index in [9.17, 15) is 23.2 Å². The van der Waals surface area contributed by atoms with Gasteiger partial charge in [-0.25, -0.2) is 18.1 Å². The first-order valence-corrected chi connectivity index (χ1v) is 10.9. The summed E-state index contributed by atoms with van der Waals surface area (Å²) in [5, 5.41) is 4.42. The van der Waals surface area contributed by atoms with E-state index in [4.69, 9.17) is 0 Å². The highest BCUT2D eigenvalue weighted by Gasteiger charge is 2.19. The summed E-state index contributed by atoms with van der Waals surface area (Å²) in [5.41, 5.74) is 1.61. The fraction of sp³-hybridized carbons (Fsp3) is 0.174. The van der Waals surface area contributed by atoms with Crippen molar-refractivity contribution in [2.45, 2.75) is 25.8 Å². The van der Waals surface area contributed by atoms with Crippen LogP contribution < -0.4 is 16.6 Å². The van der Waals surface area contributed by atoms with Crippen molar-refractivity contribution in [2.24, 2.45) is 0 Å². The van der Waals surface area contributed by atoms with Gasteiger partial charge in [0.1, 0.15) is 22.9 Å². The SMILES string of the molecule is O=C(Cn1c(=O)n(-c2cc(F)cc(F)c2)c(=O)c2sccc21)Nc1ccc2c(c1)CCC2. The van der Waals surface area contributed by atoms with E-state index >= 15 is 0 Å². The predicted octanol–water partition coefficient (Wildman–Crippen LogP) is 3.62. The van der Waals surface area contributed by atoms with Crippen molar-refractivity contribution in [2.75, 3.05) is 5.32 Å². The van der Waals surface area contributed by atoms with Gasteiger partial charge in [0.2, 0.25) is 5.91 Å². The number of hydrogen-bond acceptors (Lipinski definition) is 4. The normalized spacial score (nSPS) is 12.8. The van der Waals surface area contributed by atoms with Gasteiger partial charge in [-0.2, -0.15) is 0 Å². The Bertz CT molecular complexity index is 1480. The van der Waals surface area contributed by atoms with Crippen molar-refractivity contribution in [3.63, 3.8) is 0 Å². The van der Waals surface area contributed by atoms with Crippen LogP contribution in [0.4, 0.5) is 14.5 Å². The number of aryl methyl sites for hydroxylation is 2. The molecule has 0 saturated heterocycles. The molecule has 1 N–H and O–H groups in total. The summed E-state index contributed by atoms with van der Waals surface area (Å²) in [4.78, 5) is 38.8. The van der Waals surface area contributed by atoms with Crippen molar-refractivity contribution >= 4 is 33.1 Å². The molecule has 0 atom stereocenters. The number of hydrogen-bond donors (Lipinski definition) is 1. The Morgan fingerprint density at radius 1 is 1.00 bits per heavy atom. The highest BCUT2D eigenvalue weighted by Crippen LogP contribution is 2.25. The van der Waals surface area contributed by atoms with Crippen LogP contribution in [0.15, 0.2) is 57.4 Å². The van der Waals surface area contributed by atoms with Crippen LogP contribution in [-0.2, 0) is 24.2 Å². The molecule has 1 aliphatic carbocycles. The van der Waals surface area contributed by atoms with Crippen molar-refractivity contribution in [3.05, 3.63) is 91.4 Å². The average molecular weight is 453 g/mol. The maximum absolute atomic E-state index is 13.8. The predicted molar refractivity (Wildman–Crippen MR) is 119 cm³/mol. The monoisotopic (exact) mass is 453 g/mol. The zero-order valence-electron chi connectivity index (χ0n) is 16.7. The van der Waals surface area contributed by atoms with Gasteiger partial charge in [-0.3, -0.25) is 14.2 Å². The number of benzene rings is 2. The topological polar surface area (TPSA) is 73.1 Å². The largest absolute Gasteiger partial charge is 0.336 e. The van der Waals surface area contributed by atoms with E-state index in [1.165, 1.54) is 11.1 Å². The Balaban J connectivity index is 1.55. The van der Waals surface area contributed by atoms with Crippen molar-refractivity contribution in [1.82, 2.24) is 9.13 Å². The zero-order valence-corrected chi connectivity index (χ0v) is 17.5. The first-order valence-electron chi connectivity index (χ1n) is 10.0. The summed E-state index contributed by atoms with van der Waals surface area (Å²) in [7, 11) is 0. The third kappa shape index (κ3) is 3.54. The molecule has 0 radical (unpaired) electrons. The second-order valence-corrected chi connectivity index (χ2v) is 8.57. The summed E-state index contributed by atoms with van der Waals surface area (Å²) in [5.74, 6) is -2.29. The number of carbonyl (C=O) groups excluding carboxylic acids is 1. The molecule has 32 heavy (non-hydrogen) atoms. The van der Waals surface area contributed by atoms with E-state index in [0.29, 0.717) is 21.8 Å². The van der Waals surface area contributed by atoms with Gasteiger partial charge in [0.15, 0.2) is 0 Å². The maximum atomic E-state index is 13.8. The molecule has 5 rings (SSSR count). The molecule has 1 amide bonds. The minimum absolute atomic E-state index is 0.208. The van der Waals surface area contributed by atoms with Crippen LogP contribution in [0, 0.1) is 11.6 Å². The lowest BCUT2D eigenvalue weighted by Gasteiger charge is -2.13. The molecule has 162 valence electrons. The molecule has 9 heteroatoms. The van der Waals surface area contributed by atoms with E-state index in [1.807, 2.05) is 18.2 Å². The van der Waals surface area contributed by atoms with Crippen molar-refractivity contribution in [1.29, 1.82) is 0 Å². The van der Waals surface area contributed by atoms with Gasteiger partial charge >= 0.3 is 5.69 Å². The molecule has 0 spiro atoms. The molecule has 0 bridgehead atoms. The summed E-state index contributed by atoms with van der Waals surface area (Å²) >= 11 is 1.09. The number of nitrogens with one attached hydrogen (secondary N) is 1. The molecule has 1 aliphatic rings. The van der Waals surface area contributed by atoms with Crippen LogP contribution in [0.3, 0.4) is 0 Å². The van der Waals surface area contributed by atoms with Crippen molar-refractivity contribution < 1.29 is 13.6 Å². The number of rotatable bonds is 4. The highest BCUT2D eigenvalue weighted by atomic mass is 32.1. The fourth-order valence-corrected chi connectivity index (χ4v) is 4.95. The molecule has 6 nitrogen and oxygen atoms in total. The molecule has 0 unspecified atom stereocenters. The number of anilines is 1. The lowest BCUT2D eigenvalue weighted by atomic mass is 10.1. The summed E-state index contributed by atoms with van der Waals surface area (Å²) in [6, 6.07) is 9.77. The van der Waals surface area contributed by atoms with E-state index in [1.54, 1.807) is 11.4 Å². The number of fused-ring (bicyclic) bond motifs is 2. The van der Waals surface area contributed by atoms with Gasteiger partial charge in [-0.05, 0) is 66.1 Å². The fourth-order valence-electron chi connectivity index (χ4n) is 4.13. The smallest absolute Gasteiger partial charge is 0.325 e. The number of aromatic nitrogens is 2. The van der Waals surface area contributed by atoms with Gasteiger partial charge < -0.3 is 5.32 Å². The van der Waals surface area contributed by atoms with Crippen LogP contribution in [0.1, 0.15) is 17.5 Å². The van der Waals surface area contributed by atoms with E-state index in [-0.39, 0.29) is 16.9 Å². The minimum atomic E-state index is -0.918. The second-order valence-electron chi connectivity index (χ2n) is 7.66. The minimum Gasteiger partial charge on any atom is -0.325 e. The Morgan fingerprint density at radius 3 is 2.53 bits per heavy atom. The van der Waals surface area contributed by atoms with E-state index in [2.05, 4.69) is 5.32 Å². The van der Waals surface area contributed by atoms with E-state index < -0.39 is 28.8 Å². The van der Waals surface area contributed by atoms with Gasteiger partial charge in [-0.1, -0.05) is 6.07 Å². The summed E-state index contributed by atoms with van der Waals surface area (Å²) in [6.45, 7) is -0.360. The number of nitrogens with zero attached hydrogens (tertiary/aromatic N) is 2. The zero-order chi connectivity index (χ0) is 22.4. The van der Waals surface area contributed by atoms with Gasteiger partial charge in [-0.15, -0.1) is 11.3 Å². The molecular formula is C23H17F2N3O3S. The third-order valence-electron chi connectivity index (χ3n) is 5.54. The van der Waals surface area contributed by atoms with Gasteiger partial charge in [0.05, 0.1) is 11.2 Å².